The van der Waals surface area contributed by atoms with Gasteiger partial charge < -0.3 is 9.47 Å². The van der Waals surface area contributed by atoms with Crippen molar-refractivity contribution in [3.8, 4) is 11.8 Å². The van der Waals surface area contributed by atoms with E-state index in [1.165, 1.54) is 44.9 Å². The third-order valence-electron chi connectivity index (χ3n) is 4.69. The number of ether oxygens (including phenoxy) is 2. The van der Waals surface area contributed by atoms with Crippen LogP contribution < -0.4 is 0 Å². The van der Waals surface area contributed by atoms with Crippen LogP contribution in [0, 0.1) is 17.8 Å². The van der Waals surface area contributed by atoms with Crippen molar-refractivity contribution in [2.75, 3.05) is 13.2 Å². The SMILES string of the molecule is CCCCCCCCCCC#CCOC(=O)CCC(=O)OCCC(C)CC. The second kappa shape index (κ2) is 19.3. The van der Waals surface area contributed by atoms with Crippen LogP contribution in [-0.4, -0.2) is 25.2 Å². The van der Waals surface area contributed by atoms with E-state index < -0.39 is 5.97 Å². The van der Waals surface area contributed by atoms with E-state index in [9.17, 15) is 9.59 Å². The fourth-order valence-electron chi connectivity index (χ4n) is 2.53. The van der Waals surface area contributed by atoms with Gasteiger partial charge in [0.15, 0.2) is 6.61 Å². The minimum atomic E-state index is -0.393. The molecule has 0 saturated carbocycles. The third-order valence-corrected chi connectivity index (χ3v) is 4.69. The van der Waals surface area contributed by atoms with Gasteiger partial charge in [0, 0.05) is 6.42 Å². The lowest BCUT2D eigenvalue weighted by atomic mass is 10.1. The van der Waals surface area contributed by atoms with Crippen LogP contribution in [0.3, 0.4) is 0 Å². The van der Waals surface area contributed by atoms with E-state index in [2.05, 4.69) is 32.6 Å². The first kappa shape index (κ1) is 25.5. The van der Waals surface area contributed by atoms with Crippen LogP contribution in [0.15, 0.2) is 0 Å². The normalized spacial score (nSPS) is 11.4. The highest BCUT2D eigenvalue weighted by molar-refractivity contribution is 5.77. The molecule has 0 fully saturated rings. The van der Waals surface area contributed by atoms with Crippen molar-refractivity contribution in [1.82, 2.24) is 0 Å². The Morgan fingerprint density at radius 3 is 2.04 bits per heavy atom. The van der Waals surface area contributed by atoms with Crippen LogP contribution in [0.5, 0.6) is 0 Å². The molecule has 0 aliphatic heterocycles. The summed E-state index contributed by atoms with van der Waals surface area (Å²) in [6.07, 6.45) is 13.2. The topological polar surface area (TPSA) is 52.6 Å². The second-order valence-corrected chi connectivity index (χ2v) is 7.26. The standard InChI is InChI=1S/C23H40O4/c1-4-6-7-8-9-10-11-12-13-14-15-19-26-22(24)16-17-23(25)27-20-18-21(3)5-2/h21H,4-13,16-20H2,1-3H3. The van der Waals surface area contributed by atoms with Gasteiger partial charge in [-0.2, -0.15) is 0 Å². The van der Waals surface area contributed by atoms with Gasteiger partial charge in [-0.25, -0.2) is 0 Å². The number of carbonyl (C=O) groups is 2. The average Bonchev–Trinajstić information content (AvgIpc) is 2.67. The number of unbranched alkanes of at least 4 members (excludes halogenated alkanes) is 8. The van der Waals surface area contributed by atoms with Crippen LogP contribution >= 0.6 is 0 Å². The Kier molecular flexibility index (Phi) is 18.2. The second-order valence-electron chi connectivity index (χ2n) is 7.26. The van der Waals surface area contributed by atoms with Gasteiger partial charge in [-0.05, 0) is 18.8 Å². The molecule has 1 atom stereocenters. The Labute approximate surface area is 166 Å². The van der Waals surface area contributed by atoms with Gasteiger partial charge in [-0.3, -0.25) is 9.59 Å². The Morgan fingerprint density at radius 2 is 1.41 bits per heavy atom. The predicted octanol–water partition coefficient (Wildman–Crippen LogP) is 5.82. The average molecular weight is 381 g/mol. The monoisotopic (exact) mass is 380 g/mol. The lowest BCUT2D eigenvalue weighted by Crippen LogP contribution is -2.12. The molecule has 0 aliphatic carbocycles. The van der Waals surface area contributed by atoms with Crippen LogP contribution in [0.2, 0.25) is 0 Å². The fourth-order valence-corrected chi connectivity index (χ4v) is 2.53. The summed E-state index contributed by atoms with van der Waals surface area (Å²) in [5.41, 5.74) is 0. The molecule has 0 aromatic heterocycles. The highest BCUT2D eigenvalue weighted by Crippen LogP contribution is 2.09. The maximum absolute atomic E-state index is 11.6. The number of hydrogen-bond acceptors (Lipinski definition) is 4. The van der Waals surface area contributed by atoms with Crippen molar-refractivity contribution in [2.45, 2.75) is 104 Å². The highest BCUT2D eigenvalue weighted by Gasteiger charge is 2.09. The molecule has 27 heavy (non-hydrogen) atoms. The van der Waals surface area contributed by atoms with Gasteiger partial charge >= 0.3 is 11.9 Å². The number of carbonyl (C=O) groups excluding carboxylic acids is 2. The molecular weight excluding hydrogens is 340 g/mol. The zero-order valence-electron chi connectivity index (χ0n) is 17.8. The largest absolute Gasteiger partial charge is 0.466 e. The predicted molar refractivity (Wildman–Crippen MR) is 110 cm³/mol. The molecule has 0 aromatic carbocycles. The van der Waals surface area contributed by atoms with E-state index >= 15 is 0 Å². The zero-order valence-corrected chi connectivity index (χ0v) is 17.8. The maximum atomic E-state index is 11.6. The Hall–Kier alpha value is -1.50. The highest BCUT2D eigenvalue weighted by atomic mass is 16.5. The van der Waals surface area contributed by atoms with Crippen molar-refractivity contribution in [3.05, 3.63) is 0 Å². The molecule has 0 amide bonds. The fraction of sp³-hybridized carbons (Fsp3) is 0.826. The molecule has 0 N–H and O–H groups in total. The molecule has 0 spiro atoms. The summed E-state index contributed by atoms with van der Waals surface area (Å²) < 4.78 is 10.1. The molecular formula is C23H40O4. The van der Waals surface area contributed by atoms with E-state index in [0.29, 0.717) is 12.5 Å². The van der Waals surface area contributed by atoms with Crippen molar-refractivity contribution < 1.29 is 19.1 Å². The van der Waals surface area contributed by atoms with Crippen molar-refractivity contribution >= 4 is 11.9 Å². The molecule has 156 valence electrons. The van der Waals surface area contributed by atoms with Gasteiger partial charge in [0.2, 0.25) is 0 Å². The van der Waals surface area contributed by atoms with E-state index in [0.717, 1.165) is 25.7 Å². The van der Waals surface area contributed by atoms with E-state index in [1.54, 1.807) is 0 Å². The Bertz CT molecular complexity index is 433. The number of hydrogen-bond donors (Lipinski definition) is 0. The van der Waals surface area contributed by atoms with E-state index in [1.807, 2.05) is 0 Å². The molecule has 4 heteroatoms. The minimum absolute atomic E-state index is 0.0574. The first-order chi connectivity index (χ1) is 13.1. The quantitative estimate of drug-likeness (QED) is 0.192. The summed E-state index contributed by atoms with van der Waals surface area (Å²) in [6.45, 7) is 7.01. The summed E-state index contributed by atoms with van der Waals surface area (Å²) in [5, 5.41) is 0. The molecule has 0 aliphatic rings. The van der Waals surface area contributed by atoms with Crippen molar-refractivity contribution in [2.24, 2.45) is 5.92 Å². The van der Waals surface area contributed by atoms with Gasteiger partial charge in [-0.15, -0.1) is 0 Å². The first-order valence-electron chi connectivity index (χ1n) is 10.9. The summed E-state index contributed by atoms with van der Waals surface area (Å²) in [5.74, 6) is 5.73. The van der Waals surface area contributed by atoms with Crippen LogP contribution in [0.4, 0.5) is 0 Å². The molecule has 0 bridgehead atoms. The maximum Gasteiger partial charge on any atom is 0.307 e. The minimum Gasteiger partial charge on any atom is -0.466 e. The number of esters is 2. The van der Waals surface area contributed by atoms with E-state index in [4.69, 9.17) is 9.47 Å². The summed E-state index contributed by atoms with van der Waals surface area (Å²) >= 11 is 0. The van der Waals surface area contributed by atoms with Crippen LogP contribution in [0.25, 0.3) is 0 Å². The smallest absolute Gasteiger partial charge is 0.307 e. The van der Waals surface area contributed by atoms with Gasteiger partial charge in [-0.1, -0.05) is 84.0 Å². The summed E-state index contributed by atoms with van der Waals surface area (Å²) in [6, 6.07) is 0. The first-order valence-corrected chi connectivity index (χ1v) is 10.9. The third kappa shape index (κ3) is 19.1. The molecule has 0 radical (unpaired) electrons. The Morgan fingerprint density at radius 1 is 0.815 bits per heavy atom. The lowest BCUT2D eigenvalue weighted by Gasteiger charge is -2.08. The van der Waals surface area contributed by atoms with E-state index in [-0.39, 0.29) is 25.4 Å². The van der Waals surface area contributed by atoms with Crippen molar-refractivity contribution in [3.63, 3.8) is 0 Å². The van der Waals surface area contributed by atoms with Gasteiger partial charge in [0.1, 0.15) is 0 Å². The summed E-state index contributed by atoms with van der Waals surface area (Å²) in [4.78, 5) is 23.1. The molecule has 0 rings (SSSR count). The molecule has 4 nitrogen and oxygen atoms in total. The molecule has 0 heterocycles. The Balaban J connectivity index is 3.48. The zero-order chi connectivity index (χ0) is 20.2. The van der Waals surface area contributed by atoms with Crippen LogP contribution in [0.1, 0.15) is 104 Å². The van der Waals surface area contributed by atoms with Crippen molar-refractivity contribution in [1.29, 1.82) is 0 Å². The summed E-state index contributed by atoms with van der Waals surface area (Å²) in [7, 11) is 0. The van der Waals surface area contributed by atoms with Crippen LogP contribution in [-0.2, 0) is 19.1 Å². The number of rotatable bonds is 16. The molecule has 0 saturated heterocycles. The molecule has 0 aromatic rings. The molecule has 1 unspecified atom stereocenters. The van der Waals surface area contributed by atoms with Gasteiger partial charge in [0.05, 0.1) is 19.4 Å². The van der Waals surface area contributed by atoms with Gasteiger partial charge in [0.25, 0.3) is 0 Å². The lowest BCUT2D eigenvalue weighted by molar-refractivity contribution is -0.149.